The maximum absolute atomic E-state index is 10.5. The molecule has 94 valence electrons. The summed E-state index contributed by atoms with van der Waals surface area (Å²) in [6, 6.07) is 0. The third-order valence-electron chi connectivity index (χ3n) is 3.27. The van der Waals surface area contributed by atoms with E-state index >= 15 is 0 Å². The van der Waals surface area contributed by atoms with Gasteiger partial charge in [0.2, 0.25) is 5.91 Å². The number of aliphatic hydroxyl groups is 1. The van der Waals surface area contributed by atoms with Crippen LogP contribution in [0, 0.1) is 0 Å². The molecule has 0 aromatic heterocycles. The quantitative estimate of drug-likeness (QED) is 0.467. The van der Waals surface area contributed by atoms with Crippen LogP contribution >= 0.6 is 0 Å². The Balaban J connectivity index is 2.12. The van der Waals surface area contributed by atoms with Crippen molar-refractivity contribution in [3.63, 3.8) is 0 Å². The third-order valence-corrected chi connectivity index (χ3v) is 3.27. The van der Waals surface area contributed by atoms with Crippen LogP contribution in [0.2, 0.25) is 0 Å². The van der Waals surface area contributed by atoms with Crippen LogP contribution in [0.5, 0.6) is 0 Å². The van der Waals surface area contributed by atoms with E-state index < -0.39 is 5.60 Å². The summed E-state index contributed by atoms with van der Waals surface area (Å²) >= 11 is 0. The lowest BCUT2D eigenvalue weighted by atomic mass is 9.94. The van der Waals surface area contributed by atoms with Crippen molar-refractivity contribution in [3.05, 3.63) is 0 Å². The maximum atomic E-state index is 10.5. The van der Waals surface area contributed by atoms with Gasteiger partial charge in [-0.2, -0.15) is 0 Å². The molecular weight excluding hydrogens is 204 g/mol. The third kappa shape index (κ3) is 5.47. The Morgan fingerprint density at radius 1 is 1.25 bits per heavy atom. The molecule has 1 saturated carbocycles. The zero-order valence-corrected chi connectivity index (χ0v) is 10.0. The number of hydrogen-bond acceptors (Lipinski definition) is 3. The van der Waals surface area contributed by atoms with E-state index in [4.69, 9.17) is 5.73 Å². The monoisotopic (exact) mass is 228 g/mol. The predicted molar refractivity (Wildman–Crippen MR) is 63.9 cm³/mol. The Hall–Kier alpha value is -0.610. The van der Waals surface area contributed by atoms with Crippen LogP contribution in [0.15, 0.2) is 0 Å². The molecule has 0 aromatic carbocycles. The molecule has 0 radical (unpaired) electrons. The minimum atomic E-state index is -0.525. The standard InChI is InChI=1S/C12H24N2O2/c13-11(15)6-5-9-14-10-12(16)7-3-1-2-4-8-12/h14,16H,1-10H2,(H2,13,15). The molecular formula is C12H24N2O2. The minimum Gasteiger partial charge on any atom is -0.389 e. The normalized spacial score (nSPS) is 20.3. The second-order valence-corrected chi connectivity index (χ2v) is 4.89. The number of primary amides is 1. The summed E-state index contributed by atoms with van der Waals surface area (Å²) in [6.07, 6.45) is 7.70. The van der Waals surface area contributed by atoms with Gasteiger partial charge in [-0.15, -0.1) is 0 Å². The highest BCUT2D eigenvalue weighted by atomic mass is 16.3. The van der Waals surface area contributed by atoms with E-state index in [1.54, 1.807) is 0 Å². The number of hydrogen-bond donors (Lipinski definition) is 3. The fourth-order valence-electron chi connectivity index (χ4n) is 2.27. The highest BCUT2D eigenvalue weighted by Crippen LogP contribution is 2.26. The van der Waals surface area contributed by atoms with Crippen LogP contribution in [0.3, 0.4) is 0 Å². The van der Waals surface area contributed by atoms with Gasteiger partial charge in [-0.1, -0.05) is 25.7 Å². The van der Waals surface area contributed by atoms with E-state index in [2.05, 4.69) is 5.32 Å². The topological polar surface area (TPSA) is 75.4 Å². The van der Waals surface area contributed by atoms with E-state index in [1.165, 1.54) is 12.8 Å². The van der Waals surface area contributed by atoms with Gasteiger partial charge in [0.25, 0.3) is 0 Å². The second-order valence-electron chi connectivity index (χ2n) is 4.89. The summed E-state index contributed by atoms with van der Waals surface area (Å²) in [5, 5.41) is 13.5. The maximum Gasteiger partial charge on any atom is 0.217 e. The Labute approximate surface area is 97.6 Å². The van der Waals surface area contributed by atoms with E-state index in [1.807, 2.05) is 0 Å². The molecule has 0 heterocycles. The summed E-state index contributed by atoms with van der Waals surface area (Å²) < 4.78 is 0. The highest BCUT2D eigenvalue weighted by molar-refractivity contribution is 5.73. The number of amides is 1. The number of nitrogens with one attached hydrogen (secondary N) is 1. The largest absolute Gasteiger partial charge is 0.389 e. The molecule has 1 aliphatic carbocycles. The van der Waals surface area contributed by atoms with Crippen LogP contribution in [-0.2, 0) is 4.79 Å². The molecule has 4 N–H and O–H groups in total. The highest BCUT2D eigenvalue weighted by Gasteiger charge is 2.26. The fourth-order valence-corrected chi connectivity index (χ4v) is 2.27. The zero-order valence-electron chi connectivity index (χ0n) is 10.0. The fraction of sp³-hybridized carbons (Fsp3) is 0.917. The average Bonchev–Trinajstić information content (AvgIpc) is 2.43. The van der Waals surface area contributed by atoms with E-state index in [0.29, 0.717) is 13.0 Å². The summed E-state index contributed by atoms with van der Waals surface area (Å²) in [4.78, 5) is 10.5. The molecule has 0 aliphatic heterocycles. The molecule has 0 atom stereocenters. The molecule has 1 fully saturated rings. The first-order valence-electron chi connectivity index (χ1n) is 6.34. The average molecular weight is 228 g/mol. The molecule has 0 saturated heterocycles. The Kier molecular flexibility index (Phi) is 5.77. The van der Waals surface area contributed by atoms with Gasteiger partial charge in [0.15, 0.2) is 0 Å². The van der Waals surface area contributed by atoms with Crippen LogP contribution in [0.1, 0.15) is 51.4 Å². The minimum absolute atomic E-state index is 0.255. The Morgan fingerprint density at radius 2 is 1.88 bits per heavy atom. The first-order chi connectivity index (χ1) is 7.62. The van der Waals surface area contributed by atoms with Gasteiger partial charge in [0.1, 0.15) is 0 Å². The van der Waals surface area contributed by atoms with Crippen LogP contribution < -0.4 is 11.1 Å². The first-order valence-corrected chi connectivity index (χ1v) is 6.34. The van der Waals surface area contributed by atoms with Gasteiger partial charge in [-0.25, -0.2) is 0 Å². The lowest BCUT2D eigenvalue weighted by Crippen LogP contribution is -2.40. The van der Waals surface area contributed by atoms with Gasteiger partial charge in [-0.05, 0) is 25.8 Å². The molecule has 0 aromatic rings. The van der Waals surface area contributed by atoms with Crippen molar-refractivity contribution in [3.8, 4) is 0 Å². The van der Waals surface area contributed by atoms with Gasteiger partial charge in [0.05, 0.1) is 5.60 Å². The summed E-state index contributed by atoms with van der Waals surface area (Å²) in [7, 11) is 0. The molecule has 1 aliphatic rings. The second kappa shape index (κ2) is 6.86. The molecule has 16 heavy (non-hydrogen) atoms. The van der Waals surface area contributed by atoms with Gasteiger partial charge >= 0.3 is 0 Å². The van der Waals surface area contributed by atoms with Crippen molar-refractivity contribution in [1.29, 1.82) is 0 Å². The van der Waals surface area contributed by atoms with Crippen molar-refractivity contribution in [2.45, 2.75) is 57.0 Å². The van der Waals surface area contributed by atoms with Crippen molar-refractivity contribution in [1.82, 2.24) is 5.32 Å². The van der Waals surface area contributed by atoms with Crippen LogP contribution in [-0.4, -0.2) is 29.7 Å². The SMILES string of the molecule is NC(=O)CCCNCC1(O)CCCCCC1. The zero-order chi connectivity index (χ0) is 11.9. The first kappa shape index (κ1) is 13.5. The van der Waals surface area contributed by atoms with Crippen molar-refractivity contribution >= 4 is 5.91 Å². The lowest BCUT2D eigenvalue weighted by molar-refractivity contribution is -0.118. The molecule has 1 amide bonds. The van der Waals surface area contributed by atoms with Crippen molar-refractivity contribution in [2.75, 3.05) is 13.1 Å². The van der Waals surface area contributed by atoms with Crippen LogP contribution in [0.4, 0.5) is 0 Å². The van der Waals surface area contributed by atoms with E-state index in [9.17, 15) is 9.90 Å². The predicted octanol–water partition coefficient (Wildman–Crippen LogP) is 0.927. The molecule has 4 heteroatoms. The summed E-state index contributed by atoms with van der Waals surface area (Å²) in [5.74, 6) is -0.255. The molecule has 0 unspecified atom stereocenters. The van der Waals surface area contributed by atoms with Crippen molar-refractivity contribution in [2.24, 2.45) is 5.73 Å². The Bertz CT molecular complexity index is 211. The van der Waals surface area contributed by atoms with E-state index in [-0.39, 0.29) is 5.91 Å². The number of carbonyl (C=O) groups is 1. The number of nitrogens with two attached hydrogens (primary N) is 1. The van der Waals surface area contributed by atoms with Crippen molar-refractivity contribution < 1.29 is 9.90 Å². The summed E-state index contributed by atoms with van der Waals surface area (Å²) in [5.41, 5.74) is 4.52. The number of rotatable bonds is 6. The summed E-state index contributed by atoms with van der Waals surface area (Å²) in [6.45, 7) is 1.40. The molecule has 4 nitrogen and oxygen atoms in total. The molecule has 0 spiro atoms. The molecule has 0 bridgehead atoms. The van der Waals surface area contributed by atoms with Gasteiger partial charge < -0.3 is 16.2 Å². The lowest BCUT2D eigenvalue weighted by Gasteiger charge is -2.26. The van der Waals surface area contributed by atoms with E-state index in [0.717, 1.165) is 38.6 Å². The molecule has 1 rings (SSSR count). The number of carbonyl (C=O) groups excluding carboxylic acids is 1. The van der Waals surface area contributed by atoms with Gasteiger partial charge in [-0.3, -0.25) is 4.79 Å². The van der Waals surface area contributed by atoms with Crippen LogP contribution in [0.25, 0.3) is 0 Å². The smallest absolute Gasteiger partial charge is 0.217 e. The van der Waals surface area contributed by atoms with Gasteiger partial charge in [0, 0.05) is 13.0 Å². The Morgan fingerprint density at radius 3 is 2.44 bits per heavy atom.